The van der Waals surface area contributed by atoms with Gasteiger partial charge in [-0.25, -0.2) is 8.42 Å². The smallest absolute Gasteiger partial charge is 0.251 e. The first-order valence-electron chi connectivity index (χ1n) is 11.9. The van der Waals surface area contributed by atoms with Crippen LogP contribution in [0.1, 0.15) is 31.9 Å². The van der Waals surface area contributed by atoms with Gasteiger partial charge in [0.25, 0.3) is 5.91 Å². The molecule has 1 heterocycles. The van der Waals surface area contributed by atoms with Crippen molar-refractivity contribution in [3.63, 3.8) is 0 Å². The molecule has 34 heavy (non-hydrogen) atoms. The Hall–Kier alpha value is -2.42. The molecule has 1 amide bonds. The van der Waals surface area contributed by atoms with Gasteiger partial charge in [-0.2, -0.15) is 4.31 Å². The molecule has 1 atom stereocenters. The molecule has 0 bridgehead atoms. The molecule has 7 nitrogen and oxygen atoms in total. The van der Waals surface area contributed by atoms with Crippen molar-refractivity contribution in [2.24, 2.45) is 5.92 Å². The highest BCUT2D eigenvalue weighted by Crippen LogP contribution is 2.21. The first kappa shape index (κ1) is 26.2. The maximum atomic E-state index is 13.2. The van der Waals surface area contributed by atoms with Crippen molar-refractivity contribution in [1.82, 2.24) is 9.21 Å². The molecule has 2 aromatic carbocycles. The van der Waals surface area contributed by atoms with E-state index in [1.54, 1.807) is 18.3 Å². The zero-order valence-corrected chi connectivity index (χ0v) is 21.5. The van der Waals surface area contributed by atoms with Crippen molar-refractivity contribution < 1.29 is 17.9 Å². The maximum absolute atomic E-state index is 13.2. The predicted molar refractivity (Wildman–Crippen MR) is 136 cm³/mol. The van der Waals surface area contributed by atoms with Gasteiger partial charge in [0.1, 0.15) is 6.10 Å². The molecule has 1 aliphatic heterocycles. The third kappa shape index (κ3) is 7.04. The second kappa shape index (κ2) is 11.8. The minimum atomic E-state index is -3.45. The number of ether oxygens (including phenoxy) is 1. The third-order valence-electron chi connectivity index (χ3n) is 6.11. The number of rotatable bonds is 10. The van der Waals surface area contributed by atoms with Crippen LogP contribution in [0, 0.1) is 5.92 Å². The van der Waals surface area contributed by atoms with Crippen molar-refractivity contribution in [3.05, 3.63) is 65.7 Å². The lowest BCUT2D eigenvalue weighted by atomic mass is 10.1. The number of hydrogen-bond acceptors (Lipinski definition) is 5. The summed E-state index contributed by atoms with van der Waals surface area (Å²) >= 11 is 0. The molecule has 1 aliphatic rings. The van der Waals surface area contributed by atoms with E-state index in [2.05, 4.69) is 4.90 Å². The summed E-state index contributed by atoms with van der Waals surface area (Å²) in [6.07, 6.45) is -0.419. The highest BCUT2D eigenvalue weighted by atomic mass is 32.2. The van der Waals surface area contributed by atoms with Crippen molar-refractivity contribution in [3.8, 4) is 0 Å². The van der Waals surface area contributed by atoms with E-state index in [4.69, 9.17) is 4.74 Å². The summed E-state index contributed by atoms with van der Waals surface area (Å²) in [5.41, 5.74) is 2.84. The highest BCUT2D eigenvalue weighted by molar-refractivity contribution is 7.88. The number of methoxy groups -OCH3 is 1. The molecule has 0 radical (unpaired) electrons. The standard InChI is InChI=1S/C26H37N3O4S/c1-21(2)18-29(34(31,32)20-24-8-6-5-7-9-24)19-23-10-12-25(13-11-23)27-14-16-28(17-15-27)26(30)22(3)33-4/h5-13,21-22H,14-20H2,1-4H3/t22-/m1/s1. The fourth-order valence-electron chi connectivity index (χ4n) is 4.12. The average molecular weight is 488 g/mol. The number of carbonyl (C=O) groups excluding carboxylic acids is 1. The van der Waals surface area contributed by atoms with Gasteiger partial charge in [0.15, 0.2) is 0 Å². The number of hydrogen-bond donors (Lipinski definition) is 0. The van der Waals surface area contributed by atoms with Gasteiger partial charge in [-0.3, -0.25) is 4.79 Å². The van der Waals surface area contributed by atoms with Crippen molar-refractivity contribution >= 4 is 21.6 Å². The molecule has 3 rings (SSSR count). The van der Waals surface area contributed by atoms with Crippen LogP contribution in [0.15, 0.2) is 54.6 Å². The number of amides is 1. The van der Waals surface area contributed by atoms with Crippen molar-refractivity contribution in [2.45, 2.75) is 39.2 Å². The van der Waals surface area contributed by atoms with E-state index in [9.17, 15) is 13.2 Å². The Morgan fingerprint density at radius 2 is 1.56 bits per heavy atom. The van der Waals surface area contributed by atoms with Crippen molar-refractivity contribution in [2.75, 3.05) is 44.7 Å². The van der Waals surface area contributed by atoms with E-state index < -0.39 is 16.1 Å². The zero-order valence-electron chi connectivity index (χ0n) is 20.7. The van der Waals surface area contributed by atoms with Crippen LogP contribution in [-0.4, -0.2) is 69.5 Å². The Morgan fingerprint density at radius 3 is 2.12 bits per heavy atom. The summed E-state index contributed by atoms with van der Waals surface area (Å²) in [5, 5.41) is 0. The molecule has 2 aromatic rings. The van der Waals surface area contributed by atoms with Crippen LogP contribution in [0.4, 0.5) is 5.69 Å². The summed E-state index contributed by atoms with van der Waals surface area (Å²) in [6, 6.07) is 17.4. The normalized spacial score (nSPS) is 15.7. The number of sulfonamides is 1. The molecule has 0 unspecified atom stereocenters. The van der Waals surface area contributed by atoms with Crippen LogP contribution in [0.5, 0.6) is 0 Å². The van der Waals surface area contributed by atoms with Gasteiger partial charge < -0.3 is 14.5 Å². The first-order valence-corrected chi connectivity index (χ1v) is 13.5. The number of piperazine rings is 1. The van der Waals surface area contributed by atoms with Gasteiger partial charge in [-0.1, -0.05) is 56.3 Å². The Kier molecular flexibility index (Phi) is 9.10. The van der Waals surface area contributed by atoms with Crippen LogP contribution in [0.3, 0.4) is 0 Å². The lowest BCUT2D eigenvalue weighted by molar-refractivity contribution is -0.141. The lowest BCUT2D eigenvalue weighted by Gasteiger charge is -2.37. The Bertz CT molecular complexity index is 1020. The van der Waals surface area contributed by atoms with E-state index in [1.165, 1.54) is 0 Å². The molecular weight excluding hydrogens is 450 g/mol. The quantitative estimate of drug-likeness (QED) is 0.514. The predicted octanol–water partition coefficient (Wildman–Crippen LogP) is 3.36. The summed E-state index contributed by atoms with van der Waals surface area (Å²) in [5.74, 6) is 0.257. The van der Waals surface area contributed by atoms with Gasteiger partial charge >= 0.3 is 0 Å². The fraction of sp³-hybridized carbons (Fsp3) is 0.500. The Balaban J connectivity index is 1.64. The fourth-order valence-corrected chi connectivity index (χ4v) is 5.79. The van der Waals surface area contributed by atoms with Crippen molar-refractivity contribution in [1.29, 1.82) is 0 Å². The summed E-state index contributed by atoms with van der Waals surface area (Å²) in [6.45, 7) is 9.51. The minimum absolute atomic E-state index is 0.00330. The molecule has 0 saturated carbocycles. The second-order valence-corrected chi connectivity index (χ2v) is 11.3. The van der Waals surface area contributed by atoms with E-state index in [-0.39, 0.29) is 17.6 Å². The van der Waals surface area contributed by atoms with Crippen LogP contribution in [0.25, 0.3) is 0 Å². The largest absolute Gasteiger partial charge is 0.372 e. The first-order chi connectivity index (χ1) is 16.2. The molecule has 0 aromatic heterocycles. The zero-order chi connectivity index (χ0) is 24.7. The Morgan fingerprint density at radius 1 is 0.941 bits per heavy atom. The molecule has 1 saturated heterocycles. The van der Waals surface area contributed by atoms with Crippen LogP contribution in [-0.2, 0) is 31.9 Å². The third-order valence-corrected chi connectivity index (χ3v) is 7.87. The summed E-state index contributed by atoms with van der Waals surface area (Å²) < 4.78 is 33.1. The number of nitrogens with zero attached hydrogens (tertiary/aromatic N) is 3. The van der Waals surface area contributed by atoms with Gasteiger partial charge in [-0.05, 0) is 36.1 Å². The second-order valence-electron chi connectivity index (χ2n) is 9.28. The Labute approximate surface area is 204 Å². The number of benzene rings is 2. The van der Waals surface area contributed by atoms with Gasteiger partial charge in [-0.15, -0.1) is 0 Å². The monoisotopic (exact) mass is 487 g/mol. The van der Waals surface area contributed by atoms with E-state index in [1.807, 2.05) is 73.3 Å². The maximum Gasteiger partial charge on any atom is 0.251 e. The van der Waals surface area contributed by atoms with Gasteiger partial charge in [0.2, 0.25) is 10.0 Å². The highest BCUT2D eigenvalue weighted by Gasteiger charge is 2.26. The van der Waals surface area contributed by atoms with E-state index >= 15 is 0 Å². The molecular formula is C26H37N3O4S. The molecule has 0 N–H and O–H groups in total. The van der Waals surface area contributed by atoms with Crippen LogP contribution >= 0.6 is 0 Å². The molecule has 1 fully saturated rings. The van der Waals surface area contributed by atoms with E-state index in [0.29, 0.717) is 26.2 Å². The number of carbonyl (C=O) groups is 1. The van der Waals surface area contributed by atoms with Crippen LogP contribution in [0.2, 0.25) is 0 Å². The van der Waals surface area contributed by atoms with Gasteiger partial charge in [0, 0.05) is 52.1 Å². The van der Waals surface area contributed by atoms with Gasteiger partial charge in [0.05, 0.1) is 5.75 Å². The minimum Gasteiger partial charge on any atom is -0.372 e. The van der Waals surface area contributed by atoms with Crippen LogP contribution < -0.4 is 4.90 Å². The molecule has 8 heteroatoms. The summed E-state index contributed by atoms with van der Waals surface area (Å²) in [7, 11) is -1.90. The SMILES string of the molecule is CO[C@H](C)C(=O)N1CCN(c2ccc(CN(CC(C)C)S(=O)(=O)Cc3ccccc3)cc2)CC1. The summed E-state index contributed by atoms with van der Waals surface area (Å²) in [4.78, 5) is 16.4. The number of anilines is 1. The lowest BCUT2D eigenvalue weighted by Crippen LogP contribution is -2.51. The average Bonchev–Trinajstić information content (AvgIpc) is 2.83. The molecule has 0 spiro atoms. The topological polar surface area (TPSA) is 70.2 Å². The molecule has 186 valence electrons. The van der Waals surface area contributed by atoms with E-state index in [0.717, 1.165) is 29.9 Å². The molecule has 0 aliphatic carbocycles.